The summed E-state index contributed by atoms with van der Waals surface area (Å²) in [5.41, 5.74) is 1.29. The van der Waals surface area contributed by atoms with E-state index < -0.39 is 21.7 Å². The maximum absolute atomic E-state index is 13.1. The number of sulfonamides is 1. The molecule has 1 aromatic heterocycles. The van der Waals surface area contributed by atoms with Crippen LogP contribution < -0.4 is 4.72 Å². The Bertz CT molecular complexity index is 706. The van der Waals surface area contributed by atoms with Crippen LogP contribution >= 0.6 is 0 Å². The van der Waals surface area contributed by atoms with Gasteiger partial charge in [0.15, 0.2) is 11.6 Å². The van der Waals surface area contributed by atoms with Gasteiger partial charge in [-0.15, -0.1) is 0 Å². The molecule has 8 heteroatoms. The molecule has 1 heterocycles. The van der Waals surface area contributed by atoms with E-state index in [4.69, 9.17) is 0 Å². The lowest BCUT2D eigenvalue weighted by Crippen LogP contribution is -2.14. The third kappa shape index (κ3) is 2.58. The van der Waals surface area contributed by atoms with E-state index in [0.29, 0.717) is 23.1 Å². The van der Waals surface area contributed by atoms with Gasteiger partial charge in [-0.05, 0) is 32.0 Å². The van der Waals surface area contributed by atoms with E-state index in [9.17, 15) is 17.2 Å². The second-order valence-corrected chi connectivity index (χ2v) is 5.67. The summed E-state index contributed by atoms with van der Waals surface area (Å²) in [5, 5.41) is 6.46. The Labute approximate surface area is 108 Å². The number of H-pyrrole nitrogens is 1. The molecule has 1 aromatic carbocycles. The summed E-state index contributed by atoms with van der Waals surface area (Å²) in [5.74, 6) is -2.32. The minimum absolute atomic E-state index is 0.296. The van der Waals surface area contributed by atoms with Gasteiger partial charge in [-0.25, -0.2) is 17.2 Å². The summed E-state index contributed by atoms with van der Waals surface area (Å²) in [6, 6.07) is 2.38. The largest absolute Gasteiger partial charge is 0.280 e. The second-order valence-electron chi connectivity index (χ2n) is 3.99. The molecule has 2 rings (SSSR count). The Morgan fingerprint density at radius 3 is 2.42 bits per heavy atom. The lowest BCUT2D eigenvalue weighted by Gasteiger charge is -2.08. The molecular formula is C11H11F2N3O2S. The first-order chi connectivity index (χ1) is 8.81. The van der Waals surface area contributed by atoms with Gasteiger partial charge in [0.25, 0.3) is 10.0 Å². The monoisotopic (exact) mass is 287 g/mol. The van der Waals surface area contributed by atoms with Crippen LogP contribution in [0.25, 0.3) is 0 Å². The van der Waals surface area contributed by atoms with Crippen molar-refractivity contribution >= 4 is 15.7 Å². The van der Waals surface area contributed by atoms with Crippen molar-refractivity contribution in [2.75, 3.05) is 4.72 Å². The molecule has 0 aliphatic carbocycles. The molecule has 0 spiro atoms. The molecule has 5 nitrogen and oxygen atoms in total. The fourth-order valence-electron chi connectivity index (χ4n) is 1.54. The molecule has 0 aliphatic rings. The number of hydrogen-bond donors (Lipinski definition) is 2. The van der Waals surface area contributed by atoms with Crippen molar-refractivity contribution in [1.29, 1.82) is 0 Å². The van der Waals surface area contributed by atoms with Crippen molar-refractivity contribution in [3.8, 4) is 0 Å². The molecule has 0 bridgehead atoms. The Morgan fingerprint density at radius 2 is 1.89 bits per heavy atom. The maximum Gasteiger partial charge on any atom is 0.262 e. The first kappa shape index (κ1) is 13.5. The van der Waals surface area contributed by atoms with Gasteiger partial charge in [0, 0.05) is 0 Å². The molecule has 0 saturated heterocycles. The number of aryl methyl sites for hydroxylation is 2. The van der Waals surface area contributed by atoms with Crippen molar-refractivity contribution in [3.05, 3.63) is 41.2 Å². The van der Waals surface area contributed by atoms with Crippen LogP contribution in [-0.4, -0.2) is 18.6 Å². The van der Waals surface area contributed by atoms with Gasteiger partial charge in [0.05, 0.1) is 22.0 Å². The van der Waals surface area contributed by atoms with E-state index in [1.165, 1.54) is 0 Å². The first-order valence-corrected chi connectivity index (χ1v) is 6.79. The molecule has 0 aliphatic heterocycles. The SMILES string of the molecule is Cc1n[nH]c(C)c1NS(=O)(=O)c1ccc(F)c(F)c1. The molecule has 0 saturated carbocycles. The topological polar surface area (TPSA) is 74.8 Å². The molecule has 0 unspecified atom stereocenters. The van der Waals surface area contributed by atoms with Gasteiger partial charge in [-0.2, -0.15) is 5.10 Å². The average molecular weight is 287 g/mol. The minimum atomic E-state index is -3.98. The van der Waals surface area contributed by atoms with Crippen molar-refractivity contribution in [2.45, 2.75) is 18.7 Å². The van der Waals surface area contributed by atoms with Crippen molar-refractivity contribution in [2.24, 2.45) is 0 Å². The van der Waals surface area contributed by atoms with Gasteiger partial charge in [-0.1, -0.05) is 0 Å². The highest BCUT2D eigenvalue weighted by molar-refractivity contribution is 7.92. The number of rotatable bonds is 3. The van der Waals surface area contributed by atoms with E-state index in [0.717, 1.165) is 12.1 Å². The zero-order valence-corrected chi connectivity index (χ0v) is 11.0. The molecule has 2 aromatic rings. The second kappa shape index (κ2) is 4.61. The number of hydrogen-bond acceptors (Lipinski definition) is 3. The molecule has 0 radical (unpaired) electrons. The molecule has 19 heavy (non-hydrogen) atoms. The molecule has 0 amide bonds. The number of halogens is 2. The van der Waals surface area contributed by atoms with E-state index in [-0.39, 0.29) is 4.90 Å². The standard InChI is InChI=1S/C11H11F2N3O2S/c1-6-11(7(2)15-14-6)16-19(17,18)8-3-4-9(12)10(13)5-8/h3-5,16H,1-2H3,(H,14,15). The predicted molar refractivity (Wildman–Crippen MR) is 65.2 cm³/mol. The van der Waals surface area contributed by atoms with Gasteiger partial charge >= 0.3 is 0 Å². The molecular weight excluding hydrogens is 276 g/mol. The lowest BCUT2D eigenvalue weighted by molar-refractivity contribution is 0.504. The summed E-state index contributed by atoms with van der Waals surface area (Å²) in [6.07, 6.45) is 0. The summed E-state index contributed by atoms with van der Waals surface area (Å²) in [6.45, 7) is 3.26. The quantitative estimate of drug-likeness (QED) is 0.907. The van der Waals surface area contributed by atoms with Gasteiger partial charge in [-0.3, -0.25) is 9.82 Å². The zero-order valence-electron chi connectivity index (χ0n) is 10.2. The highest BCUT2D eigenvalue weighted by Crippen LogP contribution is 2.22. The number of nitrogens with one attached hydrogen (secondary N) is 2. The number of anilines is 1. The predicted octanol–water partition coefficient (Wildman–Crippen LogP) is 2.11. The third-order valence-corrected chi connectivity index (χ3v) is 3.91. The van der Waals surface area contributed by atoms with Gasteiger partial charge in [0.1, 0.15) is 0 Å². The van der Waals surface area contributed by atoms with Gasteiger partial charge < -0.3 is 0 Å². The van der Waals surface area contributed by atoms with Crippen LogP contribution in [0, 0.1) is 25.5 Å². The lowest BCUT2D eigenvalue weighted by atomic mass is 10.3. The van der Waals surface area contributed by atoms with Crippen LogP contribution in [0.3, 0.4) is 0 Å². The van der Waals surface area contributed by atoms with E-state index >= 15 is 0 Å². The van der Waals surface area contributed by atoms with Crippen molar-refractivity contribution in [1.82, 2.24) is 10.2 Å². The Balaban J connectivity index is 2.41. The summed E-state index contributed by atoms with van der Waals surface area (Å²) < 4.78 is 52.2. The van der Waals surface area contributed by atoms with E-state index in [1.54, 1.807) is 13.8 Å². The van der Waals surface area contributed by atoms with Gasteiger partial charge in [0.2, 0.25) is 0 Å². The summed E-state index contributed by atoms with van der Waals surface area (Å²) in [7, 11) is -3.98. The number of benzene rings is 1. The fourth-order valence-corrected chi connectivity index (χ4v) is 2.73. The molecule has 2 N–H and O–H groups in total. The molecule has 0 fully saturated rings. The summed E-state index contributed by atoms with van der Waals surface area (Å²) >= 11 is 0. The maximum atomic E-state index is 13.1. The zero-order chi connectivity index (χ0) is 14.2. The highest BCUT2D eigenvalue weighted by Gasteiger charge is 2.19. The first-order valence-electron chi connectivity index (χ1n) is 5.30. The number of nitrogens with zero attached hydrogens (tertiary/aromatic N) is 1. The third-order valence-electron chi connectivity index (χ3n) is 2.57. The van der Waals surface area contributed by atoms with E-state index in [1.807, 2.05) is 0 Å². The molecule has 102 valence electrons. The number of aromatic amines is 1. The normalized spacial score (nSPS) is 11.6. The van der Waals surface area contributed by atoms with Crippen LogP contribution in [0.5, 0.6) is 0 Å². The van der Waals surface area contributed by atoms with Crippen LogP contribution in [0.15, 0.2) is 23.1 Å². The van der Waals surface area contributed by atoms with Crippen molar-refractivity contribution in [3.63, 3.8) is 0 Å². The Kier molecular flexibility index (Phi) is 3.27. The molecule has 0 atom stereocenters. The smallest absolute Gasteiger partial charge is 0.262 e. The summed E-state index contributed by atoms with van der Waals surface area (Å²) in [4.78, 5) is -0.355. The Hall–Kier alpha value is -1.96. The average Bonchev–Trinajstić information content (AvgIpc) is 2.64. The fraction of sp³-hybridized carbons (Fsp3) is 0.182. The van der Waals surface area contributed by atoms with Crippen LogP contribution in [0.4, 0.5) is 14.5 Å². The van der Waals surface area contributed by atoms with E-state index in [2.05, 4.69) is 14.9 Å². The number of aromatic nitrogens is 2. The Morgan fingerprint density at radius 1 is 1.21 bits per heavy atom. The van der Waals surface area contributed by atoms with Crippen LogP contribution in [0.2, 0.25) is 0 Å². The minimum Gasteiger partial charge on any atom is -0.280 e. The van der Waals surface area contributed by atoms with Crippen molar-refractivity contribution < 1.29 is 17.2 Å². The van der Waals surface area contributed by atoms with Crippen LogP contribution in [0.1, 0.15) is 11.4 Å². The highest BCUT2D eigenvalue weighted by atomic mass is 32.2. The van der Waals surface area contributed by atoms with Crippen LogP contribution in [-0.2, 0) is 10.0 Å².